The highest BCUT2D eigenvalue weighted by atomic mass is 35.5. The Morgan fingerprint density at radius 1 is 1.26 bits per heavy atom. The number of hydrogen-bond donors (Lipinski definition) is 0. The van der Waals surface area contributed by atoms with E-state index in [4.69, 9.17) is 26.5 Å². The zero-order chi connectivity index (χ0) is 13.8. The van der Waals surface area contributed by atoms with Crippen molar-refractivity contribution < 1.29 is 9.21 Å². The summed E-state index contributed by atoms with van der Waals surface area (Å²) in [7, 11) is 0. The average molecular weight is 274 g/mol. The van der Waals surface area contributed by atoms with Gasteiger partial charge in [-0.2, -0.15) is 10.5 Å². The molecule has 0 fully saturated rings. The first kappa shape index (κ1) is 12.9. The Labute approximate surface area is 114 Å². The van der Waals surface area contributed by atoms with Gasteiger partial charge in [-0.05, 0) is 24.3 Å². The van der Waals surface area contributed by atoms with E-state index in [0.717, 1.165) is 4.90 Å². The zero-order valence-electron chi connectivity index (χ0n) is 9.76. The van der Waals surface area contributed by atoms with Crippen LogP contribution < -0.4 is 0 Å². The summed E-state index contributed by atoms with van der Waals surface area (Å²) in [4.78, 5) is 13.2. The van der Waals surface area contributed by atoms with E-state index in [1.807, 2.05) is 12.1 Å². The molecule has 6 heteroatoms. The van der Waals surface area contributed by atoms with Crippen LogP contribution in [0.1, 0.15) is 10.6 Å². The van der Waals surface area contributed by atoms with E-state index in [-0.39, 0.29) is 18.8 Å². The molecule has 94 valence electrons. The number of benzene rings is 1. The largest absolute Gasteiger partial charge is 0.451 e. The number of furan rings is 1. The van der Waals surface area contributed by atoms with Gasteiger partial charge in [-0.3, -0.25) is 4.79 Å². The minimum absolute atomic E-state index is 0.0859. The maximum atomic E-state index is 12.1. The van der Waals surface area contributed by atoms with Crippen LogP contribution >= 0.6 is 11.6 Å². The molecule has 2 rings (SSSR count). The number of amides is 1. The number of carbonyl (C=O) groups is 1. The second-order valence-corrected chi connectivity index (χ2v) is 4.21. The Morgan fingerprint density at radius 3 is 2.58 bits per heavy atom. The molecule has 2 aromatic rings. The van der Waals surface area contributed by atoms with E-state index in [0.29, 0.717) is 16.0 Å². The molecule has 19 heavy (non-hydrogen) atoms. The van der Waals surface area contributed by atoms with Crippen molar-refractivity contribution >= 4 is 28.5 Å². The molecule has 1 aromatic carbocycles. The van der Waals surface area contributed by atoms with Crippen molar-refractivity contribution in [2.24, 2.45) is 0 Å². The lowest BCUT2D eigenvalue weighted by atomic mass is 10.2. The Balaban J connectivity index is 2.35. The molecule has 0 bridgehead atoms. The van der Waals surface area contributed by atoms with Crippen LogP contribution in [0, 0.1) is 22.7 Å². The lowest BCUT2D eigenvalue weighted by molar-refractivity contribution is 0.0765. The molecule has 0 atom stereocenters. The van der Waals surface area contributed by atoms with Crippen LogP contribution in [0.25, 0.3) is 11.0 Å². The number of fused-ring (bicyclic) bond motifs is 1. The topological polar surface area (TPSA) is 81.0 Å². The zero-order valence-corrected chi connectivity index (χ0v) is 10.5. The molecular weight excluding hydrogens is 266 g/mol. The fraction of sp³-hybridized carbons (Fsp3) is 0.154. The Morgan fingerprint density at radius 2 is 1.95 bits per heavy atom. The fourth-order valence-electron chi connectivity index (χ4n) is 1.65. The van der Waals surface area contributed by atoms with E-state index >= 15 is 0 Å². The van der Waals surface area contributed by atoms with Gasteiger partial charge >= 0.3 is 0 Å². The molecule has 0 aliphatic carbocycles. The molecule has 0 saturated heterocycles. The number of rotatable bonds is 3. The van der Waals surface area contributed by atoms with Gasteiger partial charge in [-0.1, -0.05) is 11.6 Å². The molecule has 0 saturated carbocycles. The van der Waals surface area contributed by atoms with E-state index in [2.05, 4.69) is 0 Å². The monoisotopic (exact) mass is 273 g/mol. The fourth-order valence-corrected chi connectivity index (χ4v) is 1.83. The summed E-state index contributed by atoms with van der Waals surface area (Å²) in [5.74, 6) is -0.404. The van der Waals surface area contributed by atoms with Gasteiger partial charge in [0.1, 0.15) is 18.7 Å². The van der Waals surface area contributed by atoms with E-state index < -0.39 is 5.91 Å². The third-order valence-electron chi connectivity index (χ3n) is 2.50. The van der Waals surface area contributed by atoms with E-state index in [1.54, 1.807) is 24.3 Å². The summed E-state index contributed by atoms with van der Waals surface area (Å²) < 4.78 is 5.39. The Kier molecular flexibility index (Phi) is 3.70. The van der Waals surface area contributed by atoms with Gasteiger partial charge in [-0.15, -0.1) is 0 Å². The van der Waals surface area contributed by atoms with Crippen molar-refractivity contribution in [3.05, 3.63) is 35.0 Å². The second kappa shape index (κ2) is 5.43. The van der Waals surface area contributed by atoms with Crippen molar-refractivity contribution in [1.29, 1.82) is 10.5 Å². The smallest absolute Gasteiger partial charge is 0.291 e. The minimum Gasteiger partial charge on any atom is -0.451 e. The molecule has 0 radical (unpaired) electrons. The van der Waals surface area contributed by atoms with Gasteiger partial charge in [0.2, 0.25) is 0 Å². The summed E-state index contributed by atoms with van der Waals surface area (Å²) in [6, 6.07) is 10.2. The van der Waals surface area contributed by atoms with Gasteiger partial charge in [0.25, 0.3) is 5.91 Å². The maximum absolute atomic E-state index is 12.1. The number of nitriles is 2. The average Bonchev–Trinajstić information content (AvgIpc) is 2.80. The molecule has 5 nitrogen and oxygen atoms in total. The summed E-state index contributed by atoms with van der Waals surface area (Å²) in [5, 5.41) is 18.5. The SMILES string of the molecule is N#CCN(CC#N)C(=O)c1cc2cc(Cl)ccc2o1. The van der Waals surface area contributed by atoms with Crippen LogP contribution in [0.15, 0.2) is 28.7 Å². The standard InChI is InChI=1S/C13H8ClN3O2/c14-10-1-2-11-9(7-10)8-12(19-11)13(18)17(5-3-15)6-4-16/h1-2,7-8H,5-6H2. The first-order valence-corrected chi connectivity index (χ1v) is 5.76. The molecule has 0 unspecified atom stereocenters. The van der Waals surface area contributed by atoms with Crippen molar-refractivity contribution in [3.63, 3.8) is 0 Å². The number of hydrogen-bond acceptors (Lipinski definition) is 4. The highest BCUT2D eigenvalue weighted by Crippen LogP contribution is 2.23. The molecule has 1 aromatic heterocycles. The highest BCUT2D eigenvalue weighted by molar-refractivity contribution is 6.31. The summed E-state index contributed by atoms with van der Waals surface area (Å²) in [6.07, 6.45) is 0. The van der Waals surface area contributed by atoms with Gasteiger partial charge in [0.05, 0.1) is 12.1 Å². The Bertz CT molecular complexity index is 693. The normalized spacial score (nSPS) is 9.84. The van der Waals surface area contributed by atoms with Gasteiger partial charge in [0, 0.05) is 10.4 Å². The van der Waals surface area contributed by atoms with Crippen molar-refractivity contribution in [1.82, 2.24) is 4.90 Å². The van der Waals surface area contributed by atoms with Crippen LogP contribution in [0.5, 0.6) is 0 Å². The molecule has 1 amide bonds. The number of carbonyl (C=O) groups excluding carboxylic acids is 1. The van der Waals surface area contributed by atoms with Gasteiger partial charge in [0.15, 0.2) is 5.76 Å². The quantitative estimate of drug-likeness (QED) is 0.805. The summed E-state index contributed by atoms with van der Waals surface area (Å²) >= 11 is 5.85. The summed E-state index contributed by atoms with van der Waals surface area (Å²) in [6.45, 7) is -0.325. The molecule has 0 aliphatic rings. The van der Waals surface area contributed by atoms with Gasteiger partial charge in [-0.25, -0.2) is 0 Å². The van der Waals surface area contributed by atoms with Crippen LogP contribution in [-0.4, -0.2) is 23.9 Å². The van der Waals surface area contributed by atoms with Crippen LogP contribution in [-0.2, 0) is 0 Å². The third-order valence-corrected chi connectivity index (χ3v) is 2.73. The number of nitrogens with zero attached hydrogens (tertiary/aromatic N) is 3. The van der Waals surface area contributed by atoms with E-state index in [1.165, 1.54) is 0 Å². The van der Waals surface area contributed by atoms with E-state index in [9.17, 15) is 4.79 Å². The van der Waals surface area contributed by atoms with Crippen LogP contribution in [0.4, 0.5) is 0 Å². The Hall–Kier alpha value is -2.50. The number of halogens is 1. The van der Waals surface area contributed by atoms with Crippen LogP contribution in [0.3, 0.4) is 0 Å². The van der Waals surface area contributed by atoms with Crippen molar-refractivity contribution in [3.8, 4) is 12.1 Å². The highest BCUT2D eigenvalue weighted by Gasteiger charge is 2.19. The van der Waals surface area contributed by atoms with Crippen LogP contribution in [0.2, 0.25) is 5.02 Å². The molecule has 0 spiro atoms. The lowest BCUT2D eigenvalue weighted by Crippen LogP contribution is -2.31. The van der Waals surface area contributed by atoms with Crippen molar-refractivity contribution in [2.45, 2.75) is 0 Å². The predicted octanol–water partition coefficient (Wildman–Crippen LogP) is 2.58. The molecule has 0 aliphatic heterocycles. The molecule has 1 heterocycles. The third kappa shape index (κ3) is 2.67. The maximum Gasteiger partial charge on any atom is 0.291 e. The minimum atomic E-state index is -0.490. The predicted molar refractivity (Wildman–Crippen MR) is 68.4 cm³/mol. The second-order valence-electron chi connectivity index (χ2n) is 3.77. The first-order valence-electron chi connectivity index (χ1n) is 5.38. The lowest BCUT2D eigenvalue weighted by Gasteiger charge is -2.13. The van der Waals surface area contributed by atoms with Gasteiger partial charge < -0.3 is 9.32 Å². The molecule has 0 N–H and O–H groups in total. The van der Waals surface area contributed by atoms with Crippen molar-refractivity contribution in [2.75, 3.05) is 13.1 Å². The molecular formula is C13H8ClN3O2. The first-order chi connectivity index (χ1) is 9.15. The summed E-state index contributed by atoms with van der Waals surface area (Å²) in [5.41, 5.74) is 0.529.